The van der Waals surface area contributed by atoms with E-state index in [9.17, 15) is 9.59 Å². The molecule has 1 atom stereocenters. The first-order chi connectivity index (χ1) is 12.8. The van der Waals surface area contributed by atoms with E-state index in [1.54, 1.807) is 0 Å². The zero-order chi connectivity index (χ0) is 19.4. The van der Waals surface area contributed by atoms with E-state index in [0.29, 0.717) is 25.9 Å². The number of carbonyl (C=O) groups excluding carboxylic acids is 2. The third kappa shape index (κ3) is 4.87. The molecule has 6 heteroatoms. The van der Waals surface area contributed by atoms with Gasteiger partial charge in [-0.15, -0.1) is 0 Å². The van der Waals surface area contributed by atoms with Crippen molar-refractivity contribution in [2.24, 2.45) is 5.41 Å². The third-order valence-corrected chi connectivity index (χ3v) is 5.10. The van der Waals surface area contributed by atoms with Gasteiger partial charge in [0.2, 0.25) is 11.8 Å². The number of fused-ring (bicyclic) bond motifs is 1. The third-order valence-electron chi connectivity index (χ3n) is 5.10. The molecular weight excluding hydrogens is 340 g/mol. The second-order valence-corrected chi connectivity index (χ2v) is 8.43. The number of benzene rings is 1. The Morgan fingerprint density at radius 2 is 2.07 bits per heavy atom. The van der Waals surface area contributed by atoms with E-state index in [-0.39, 0.29) is 17.7 Å². The summed E-state index contributed by atoms with van der Waals surface area (Å²) in [6.45, 7) is 7.73. The number of rotatable bonds is 5. The SMILES string of the molecule is CC(C)(C)C(=O)NCCCC(=O)N1CCC[C@@H](c2nc3ccccc3[nH]2)C1. The van der Waals surface area contributed by atoms with Gasteiger partial charge in [0.25, 0.3) is 0 Å². The Labute approximate surface area is 160 Å². The number of amides is 2. The second kappa shape index (κ2) is 8.11. The molecule has 146 valence electrons. The molecule has 0 saturated carbocycles. The summed E-state index contributed by atoms with van der Waals surface area (Å²) in [4.78, 5) is 34.5. The van der Waals surface area contributed by atoms with E-state index in [4.69, 9.17) is 4.98 Å². The van der Waals surface area contributed by atoms with Crippen molar-refractivity contribution < 1.29 is 9.59 Å². The number of para-hydroxylation sites is 2. The first-order valence-corrected chi connectivity index (χ1v) is 9.85. The predicted molar refractivity (Wildman–Crippen MR) is 106 cm³/mol. The number of piperidine rings is 1. The Morgan fingerprint density at radius 1 is 1.30 bits per heavy atom. The fourth-order valence-corrected chi connectivity index (χ4v) is 3.46. The number of likely N-dealkylation sites (tertiary alicyclic amines) is 1. The van der Waals surface area contributed by atoms with Crippen molar-refractivity contribution >= 4 is 22.8 Å². The van der Waals surface area contributed by atoms with Crippen LogP contribution in [0.25, 0.3) is 11.0 Å². The molecule has 2 N–H and O–H groups in total. The van der Waals surface area contributed by atoms with Gasteiger partial charge in [0.15, 0.2) is 0 Å². The highest BCUT2D eigenvalue weighted by Gasteiger charge is 2.26. The van der Waals surface area contributed by atoms with Crippen molar-refractivity contribution in [2.75, 3.05) is 19.6 Å². The number of hydrogen-bond acceptors (Lipinski definition) is 3. The van der Waals surface area contributed by atoms with Gasteiger partial charge in [0, 0.05) is 37.4 Å². The van der Waals surface area contributed by atoms with Crippen LogP contribution in [-0.2, 0) is 9.59 Å². The summed E-state index contributed by atoms with van der Waals surface area (Å²) in [5.41, 5.74) is 1.63. The van der Waals surface area contributed by atoms with Crippen LogP contribution in [0, 0.1) is 5.41 Å². The molecule has 0 bridgehead atoms. The van der Waals surface area contributed by atoms with Gasteiger partial charge in [0.1, 0.15) is 5.82 Å². The summed E-state index contributed by atoms with van der Waals surface area (Å²) in [5.74, 6) is 1.43. The van der Waals surface area contributed by atoms with Crippen LogP contribution in [0.15, 0.2) is 24.3 Å². The van der Waals surface area contributed by atoms with Gasteiger partial charge in [-0.05, 0) is 31.4 Å². The molecule has 2 heterocycles. The van der Waals surface area contributed by atoms with Crippen LogP contribution in [0.4, 0.5) is 0 Å². The standard InChI is InChI=1S/C21H30N4O2/c1-21(2,3)20(27)22-12-6-11-18(26)25-13-7-8-15(14-25)19-23-16-9-4-5-10-17(16)24-19/h4-5,9-10,15H,6-8,11-14H2,1-3H3,(H,22,27)(H,23,24)/t15-/m1/s1. The Bertz CT molecular complexity index is 773. The van der Waals surface area contributed by atoms with Crippen LogP contribution in [0.1, 0.15) is 58.2 Å². The van der Waals surface area contributed by atoms with Crippen LogP contribution in [0.2, 0.25) is 0 Å². The topological polar surface area (TPSA) is 78.1 Å². The quantitative estimate of drug-likeness (QED) is 0.793. The molecule has 1 aliphatic rings. The first-order valence-electron chi connectivity index (χ1n) is 9.85. The van der Waals surface area contributed by atoms with E-state index in [1.165, 1.54) is 0 Å². The molecule has 1 aromatic heterocycles. The van der Waals surface area contributed by atoms with Crippen molar-refractivity contribution in [3.8, 4) is 0 Å². The van der Waals surface area contributed by atoms with Gasteiger partial charge in [0.05, 0.1) is 11.0 Å². The lowest BCUT2D eigenvalue weighted by molar-refractivity contribution is -0.133. The number of nitrogens with one attached hydrogen (secondary N) is 2. The Morgan fingerprint density at radius 3 is 2.81 bits per heavy atom. The Kier molecular flexibility index (Phi) is 5.82. The maximum atomic E-state index is 12.6. The number of carbonyl (C=O) groups is 2. The van der Waals surface area contributed by atoms with Crippen LogP contribution in [0.5, 0.6) is 0 Å². The number of hydrogen-bond donors (Lipinski definition) is 2. The van der Waals surface area contributed by atoms with Gasteiger partial charge >= 0.3 is 0 Å². The molecule has 2 amide bonds. The average Bonchev–Trinajstić information content (AvgIpc) is 3.08. The zero-order valence-corrected chi connectivity index (χ0v) is 16.5. The zero-order valence-electron chi connectivity index (χ0n) is 16.5. The molecule has 0 unspecified atom stereocenters. The molecule has 3 rings (SSSR count). The number of nitrogens with zero attached hydrogens (tertiary/aromatic N) is 2. The number of aromatic nitrogens is 2. The smallest absolute Gasteiger partial charge is 0.225 e. The molecule has 0 spiro atoms. The summed E-state index contributed by atoms with van der Waals surface area (Å²) in [6.07, 6.45) is 3.18. The lowest BCUT2D eigenvalue weighted by atomic mass is 9.95. The lowest BCUT2D eigenvalue weighted by Crippen LogP contribution is -2.40. The van der Waals surface area contributed by atoms with Crippen LogP contribution < -0.4 is 5.32 Å². The Hall–Kier alpha value is -2.37. The molecule has 1 aromatic carbocycles. The van der Waals surface area contributed by atoms with E-state index in [0.717, 1.165) is 36.2 Å². The highest BCUT2D eigenvalue weighted by atomic mass is 16.2. The van der Waals surface area contributed by atoms with Crippen molar-refractivity contribution in [3.05, 3.63) is 30.1 Å². The highest BCUT2D eigenvalue weighted by Crippen LogP contribution is 2.27. The summed E-state index contributed by atoms with van der Waals surface area (Å²) in [7, 11) is 0. The minimum atomic E-state index is -0.392. The molecule has 1 saturated heterocycles. The minimum Gasteiger partial charge on any atom is -0.356 e. The largest absolute Gasteiger partial charge is 0.356 e. The first kappa shape index (κ1) is 19.4. The lowest BCUT2D eigenvalue weighted by Gasteiger charge is -2.32. The monoisotopic (exact) mass is 370 g/mol. The van der Waals surface area contributed by atoms with Crippen molar-refractivity contribution in [3.63, 3.8) is 0 Å². The number of imidazole rings is 1. The molecule has 0 aliphatic carbocycles. The van der Waals surface area contributed by atoms with Gasteiger partial charge < -0.3 is 15.2 Å². The maximum absolute atomic E-state index is 12.6. The maximum Gasteiger partial charge on any atom is 0.225 e. The molecule has 27 heavy (non-hydrogen) atoms. The van der Waals surface area contributed by atoms with Crippen molar-refractivity contribution in [2.45, 2.75) is 52.4 Å². The number of H-pyrrole nitrogens is 1. The summed E-state index contributed by atoms with van der Waals surface area (Å²) in [5, 5.41) is 2.91. The average molecular weight is 370 g/mol. The summed E-state index contributed by atoms with van der Waals surface area (Å²) in [6, 6.07) is 8.03. The minimum absolute atomic E-state index is 0.0258. The van der Waals surface area contributed by atoms with Crippen molar-refractivity contribution in [1.29, 1.82) is 0 Å². The molecule has 1 fully saturated rings. The van der Waals surface area contributed by atoms with Crippen LogP contribution in [0.3, 0.4) is 0 Å². The fraction of sp³-hybridized carbons (Fsp3) is 0.571. The molecule has 0 radical (unpaired) electrons. The molecule has 2 aromatic rings. The highest BCUT2D eigenvalue weighted by molar-refractivity contribution is 5.81. The van der Waals surface area contributed by atoms with Gasteiger partial charge in [-0.2, -0.15) is 0 Å². The summed E-state index contributed by atoms with van der Waals surface area (Å²) >= 11 is 0. The summed E-state index contributed by atoms with van der Waals surface area (Å²) < 4.78 is 0. The molecule has 1 aliphatic heterocycles. The van der Waals surface area contributed by atoms with Crippen molar-refractivity contribution in [1.82, 2.24) is 20.2 Å². The number of aromatic amines is 1. The van der Waals surface area contributed by atoms with E-state index >= 15 is 0 Å². The normalized spacial score (nSPS) is 17.9. The molecular formula is C21H30N4O2. The Balaban J connectivity index is 1.50. The van der Waals surface area contributed by atoms with Gasteiger partial charge in [-0.3, -0.25) is 9.59 Å². The van der Waals surface area contributed by atoms with Crippen LogP contribution >= 0.6 is 0 Å². The van der Waals surface area contributed by atoms with Gasteiger partial charge in [-0.25, -0.2) is 4.98 Å². The second-order valence-electron chi connectivity index (χ2n) is 8.43. The van der Waals surface area contributed by atoms with E-state index in [2.05, 4.69) is 10.3 Å². The predicted octanol–water partition coefficient (Wildman–Crippen LogP) is 3.21. The fourth-order valence-electron chi connectivity index (χ4n) is 3.46. The van der Waals surface area contributed by atoms with E-state index < -0.39 is 5.41 Å². The van der Waals surface area contributed by atoms with Gasteiger partial charge in [-0.1, -0.05) is 32.9 Å². The van der Waals surface area contributed by atoms with Crippen LogP contribution in [-0.4, -0.2) is 46.3 Å². The van der Waals surface area contributed by atoms with E-state index in [1.807, 2.05) is 49.9 Å². The molecule has 6 nitrogen and oxygen atoms in total.